The molecule has 0 radical (unpaired) electrons. The van der Waals surface area contributed by atoms with E-state index in [9.17, 15) is 29.7 Å². The second-order valence-corrected chi connectivity index (χ2v) is 5.89. The molecule has 0 rings (SSSR count). The number of carboxylic acids is 3. The predicted molar refractivity (Wildman–Crippen MR) is 50.4 cm³/mol. The van der Waals surface area contributed by atoms with Gasteiger partial charge in [0.25, 0.3) is 0 Å². The minimum Gasteiger partial charge on any atom is -0.550 e. The van der Waals surface area contributed by atoms with Crippen molar-refractivity contribution in [3.05, 3.63) is 0 Å². The van der Waals surface area contributed by atoms with Crippen molar-refractivity contribution in [2.45, 2.75) is 19.3 Å². The second-order valence-electron chi connectivity index (χ2n) is 3.21. The molecule has 0 aromatic carbocycles. The molecule has 10 heteroatoms. The first kappa shape index (κ1) is 28.9. The van der Waals surface area contributed by atoms with Gasteiger partial charge in [-0.2, -0.15) is 0 Å². The van der Waals surface area contributed by atoms with Crippen LogP contribution in [0, 0.1) is 0 Å². The van der Waals surface area contributed by atoms with E-state index in [1.807, 2.05) is 0 Å². The molecular formula is C9H12Na3O6P. The SMILES string of the molecule is O=C([O-])CCP(CCC(=O)[O-])CCC(=O)[O-].[Na+].[Na+].[Na+]. The summed E-state index contributed by atoms with van der Waals surface area (Å²) >= 11 is 0. The zero-order chi connectivity index (χ0) is 12.6. The number of carbonyl (C=O) groups is 3. The molecule has 0 aliphatic heterocycles. The first-order valence-electron chi connectivity index (χ1n) is 4.73. The van der Waals surface area contributed by atoms with Crippen LogP contribution in [0.5, 0.6) is 0 Å². The Kier molecular flexibility index (Phi) is 27.2. The molecule has 19 heavy (non-hydrogen) atoms. The van der Waals surface area contributed by atoms with Crippen molar-refractivity contribution in [1.82, 2.24) is 0 Å². The maximum absolute atomic E-state index is 10.2. The van der Waals surface area contributed by atoms with E-state index in [1.165, 1.54) is 0 Å². The molecule has 0 unspecified atom stereocenters. The third kappa shape index (κ3) is 22.3. The van der Waals surface area contributed by atoms with Crippen LogP contribution in [-0.2, 0) is 14.4 Å². The van der Waals surface area contributed by atoms with Crippen LogP contribution in [0.3, 0.4) is 0 Å². The summed E-state index contributed by atoms with van der Waals surface area (Å²) in [6.45, 7) is 0. The van der Waals surface area contributed by atoms with Crippen LogP contribution in [-0.4, -0.2) is 36.4 Å². The zero-order valence-corrected chi connectivity index (χ0v) is 18.5. The van der Waals surface area contributed by atoms with Crippen LogP contribution >= 0.6 is 7.92 Å². The molecule has 92 valence electrons. The van der Waals surface area contributed by atoms with Gasteiger partial charge in [-0.1, -0.05) is 0 Å². The van der Waals surface area contributed by atoms with Crippen molar-refractivity contribution in [1.29, 1.82) is 0 Å². The van der Waals surface area contributed by atoms with Gasteiger partial charge in [0.2, 0.25) is 0 Å². The quantitative estimate of drug-likeness (QED) is 0.308. The molecule has 0 aliphatic rings. The molecule has 0 heterocycles. The molecule has 0 saturated carbocycles. The Balaban J connectivity index is -0.000000375. The van der Waals surface area contributed by atoms with Gasteiger partial charge < -0.3 is 29.7 Å². The summed E-state index contributed by atoms with van der Waals surface area (Å²) in [6.07, 6.45) is 0.304. The van der Waals surface area contributed by atoms with Gasteiger partial charge in [-0.15, -0.1) is 7.92 Å². The van der Waals surface area contributed by atoms with E-state index in [4.69, 9.17) is 0 Å². The largest absolute Gasteiger partial charge is 1.00 e. The van der Waals surface area contributed by atoms with Crippen LogP contribution in [0.25, 0.3) is 0 Å². The zero-order valence-electron chi connectivity index (χ0n) is 11.6. The Morgan fingerprint density at radius 1 is 0.632 bits per heavy atom. The van der Waals surface area contributed by atoms with Crippen molar-refractivity contribution in [2.75, 3.05) is 18.5 Å². The normalized spacial score (nSPS) is 8.68. The van der Waals surface area contributed by atoms with Crippen LogP contribution in [0.1, 0.15) is 19.3 Å². The van der Waals surface area contributed by atoms with Gasteiger partial charge in [0.15, 0.2) is 0 Å². The molecule has 0 fully saturated rings. The van der Waals surface area contributed by atoms with Gasteiger partial charge in [-0.25, -0.2) is 0 Å². The fourth-order valence-corrected chi connectivity index (χ4v) is 3.25. The van der Waals surface area contributed by atoms with E-state index < -0.39 is 25.8 Å². The van der Waals surface area contributed by atoms with E-state index >= 15 is 0 Å². The fraction of sp³-hybridized carbons (Fsp3) is 0.667. The summed E-state index contributed by atoms with van der Waals surface area (Å²) < 4.78 is 0. The Morgan fingerprint density at radius 3 is 1.00 bits per heavy atom. The average molecular weight is 316 g/mol. The van der Waals surface area contributed by atoms with Gasteiger partial charge in [-0.3, -0.25) is 0 Å². The monoisotopic (exact) mass is 316 g/mol. The topological polar surface area (TPSA) is 120 Å². The molecular weight excluding hydrogens is 304 g/mol. The Hall–Kier alpha value is 1.84. The van der Waals surface area contributed by atoms with E-state index in [2.05, 4.69) is 0 Å². The smallest absolute Gasteiger partial charge is 0.550 e. The summed E-state index contributed by atoms with van der Waals surface area (Å²) in [7, 11) is -0.921. The molecule has 0 N–H and O–H groups in total. The van der Waals surface area contributed by atoms with Crippen molar-refractivity contribution in [3.8, 4) is 0 Å². The number of rotatable bonds is 9. The Bertz CT molecular complexity index is 234. The average Bonchev–Trinajstić information content (AvgIpc) is 2.15. The third-order valence-corrected chi connectivity index (χ3v) is 4.46. The standard InChI is InChI=1S/C9H15O6P.3Na/c10-7(11)1-4-16(5-2-8(12)13)6-3-9(14)15;;;/h1-6H2,(H,10,11)(H,12,13)(H,14,15);;;/q;3*+1/p-3. The molecule has 0 atom stereocenters. The Morgan fingerprint density at radius 2 is 0.842 bits per heavy atom. The van der Waals surface area contributed by atoms with Crippen molar-refractivity contribution in [2.24, 2.45) is 0 Å². The number of hydrogen-bond donors (Lipinski definition) is 0. The van der Waals surface area contributed by atoms with E-state index in [0.29, 0.717) is 0 Å². The second kappa shape index (κ2) is 17.9. The first-order chi connectivity index (χ1) is 7.41. The third-order valence-electron chi connectivity index (χ3n) is 1.90. The molecule has 0 aliphatic carbocycles. The molecule has 6 nitrogen and oxygen atoms in total. The summed E-state index contributed by atoms with van der Waals surface area (Å²) in [4.78, 5) is 30.7. The number of carboxylic acid groups (broad SMARTS) is 3. The molecule has 0 spiro atoms. The van der Waals surface area contributed by atoms with E-state index in [-0.39, 0.29) is 126 Å². The van der Waals surface area contributed by atoms with Crippen molar-refractivity contribution >= 4 is 25.8 Å². The predicted octanol–water partition coefficient (Wildman–Crippen LogP) is -12.1. The summed E-state index contributed by atoms with van der Waals surface area (Å²) in [5, 5.41) is 30.7. The van der Waals surface area contributed by atoms with Gasteiger partial charge in [0.1, 0.15) is 0 Å². The first-order valence-corrected chi connectivity index (χ1v) is 6.63. The van der Waals surface area contributed by atoms with Crippen LogP contribution in [0.2, 0.25) is 0 Å². The number of carbonyl (C=O) groups excluding carboxylic acids is 3. The summed E-state index contributed by atoms with van der Waals surface area (Å²) in [6, 6.07) is 0. The maximum atomic E-state index is 10.2. The molecule has 0 saturated heterocycles. The van der Waals surface area contributed by atoms with E-state index in [0.717, 1.165) is 0 Å². The maximum Gasteiger partial charge on any atom is 1.00 e. The van der Waals surface area contributed by atoms with Gasteiger partial charge in [0, 0.05) is 17.9 Å². The minimum absolute atomic E-state index is 0. The van der Waals surface area contributed by atoms with Crippen LogP contribution in [0.4, 0.5) is 0 Å². The number of aliphatic carboxylic acids is 3. The summed E-state index contributed by atoms with van der Waals surface area (Å²) in [5.41, 5.74) is 0. The van der Waals surface area contributed by atoms with Crippen molar-refractivity contribution in [3.63, 3.8) is 0 Å². The van der Waals surface area contributed by atoms with Gasteiger partial charge >= 0.3 is 88.7 Å². The van der Waals surface area contributed by atoms with E-state index in [1.54, 1.807) is 0 Å². The molecule has 0 aromatic heterocycles. The van der Waals surface area contributed by atoms with Crippen LogP contribution in [0.15, 0.2) is 0 Å². The summed E-state index contributed by atoms with van der Waals surface area (Å²) in [5.74, 6) is -3.64. The van der Waals surface area contributed by atoms with Gasteiger partial charge in [-0.05, 0) is 37.7 Å². The Labute approximate surface area is 179 Å². The molecule has 0 aromatic rings. The molecule has 0 amide bonds. The van der Waals surface area contributed by atoms with Gasteiger partial charge in [0.05, 0.1) is 0 Å². The minimum atomic E-state index is -1.21. The van der Waals surface area contributed by atoms with Crippen LogP contribution < -0.4 is 104 Å². The fourth-order valence-electron chi connectivity index (χ4n) is 1.08. The number of hydrogen-bond acceptors (Lipinski definition) is 6. The molecule has 0 bridgehead atoms. The van der Waals surface area contributed by atoms with Crippen molar-refractivity contribution < 1.29 is 118 Å².